The minimum Gasteiger partial charge on any atom is -0.513 e. The Kier molecular flexibility index (Phi) is 6.00. The van der Waals surface area contributed by atoms with Crippen molar-refractivity contribution in [1.82, 2.24) is 0 Å². The summed E-state index contributed by atoms with van der Waals surface area (Å²) in [5, 5.41) is 9.19. The topological polar surface area (TPSA) is 20.2 Å². The summed E-state index contributed by atoms with van der Waals surface area (Å²) in [6.07, 6.45) is 5.81. The van der Waals surface area contributed by atoms with E-state index >= 15 is 0 Å². The molecule has 66 valence electrons. The fourth-order valence-corrected chi connectivity index (χ4v) is 1.20. The van der Waals surface area contributed by atoms with Gasteiger partial charge in [0.05, 0.1) is 5.76 Å². The molecule has 0 aliphatic rings. The van der Waals surface area contributed by atoms with Gasteiger partial charge in [-0.1, -0.05) is 26.7 Å². The number of aliphatic hydroxyl groups is 1. The fraction of sp³-hybridized carbons (Fsp3) is 0.800. The second-order valence-corrected chi connectivity index (χ2v) is 3.00. The summed E-state index contributed by atoms with van der Waals surface area (Å²) in [5.41, 5.74) is 1.22. The highest BCUT2D eigenvalue weighted by atomic mass is 16.3. The van der Waals surface area contributed by atoms with Crippen LogP contribution in [0.5, 0.6) is 0 Å². The molecule has 0 aromatic carbocycles. The van der Waals surface area contributed by atoms with Gasteiger partial charge in [0.25, 0.3) is 0 Å². The summed E-state index contributed by atoms with van der Waals surface area (Å²) in [4.78, 5) is 0. The fourth-order valence-electron chi connectivity index (χ4n) is 1.20. The molecule has 0 amide bonds. The van der Waals surface area contributed by atoms with Crippen LogP contribution >= 0.6 is 0 Å². The molecule has 0 aromatic heterocycles. The van der Waals surface area contributed by atoms with Crippen molar-refractivity contribution in [2.24, 2.45) is 0 Å². The largest absolute Gasteiger partial charge is 0.513 e. The normalized spacial score (nSPS) is 13.0. The third kappa shape index (κ3) is 4.88. The Morgan fingerprint density at radius 3 is 2.18 bits per heavy atom. The molecule has 0 aliphatic carbocycles. The van der Waals surface area contributed by atoms with E-state index in [2.05, 4.69) is 13.8 Å². The number of aliphatic hydroxyl groups excluding tert-OH is 1. The summed E-state index contributed by atoms with van der Waals surface area (Å²) >= 11 is 0. The SMILES string of the molecule is CCCCC/C(CC)=C(\C)O. The number of hydrogen-bond donors (Lipinski definition) is 1. The first kappa shape index (κ1) is 10.5. The summed E-state index contributed by atoms with van der Waals surface area (Å²) in [6, 6.07) is 0. The van der Waals surface area contributed by atoms with Crippen molar-refractivity contribution < 1.29 is 5.11 Å². The van der Waals surface area contributed by atoms with Gasteiger partial charge in [0.2, 0.25) is 0 Å². The van der Waals surface area contributed by atoms with Crippen molar-refractivity contribution in [3.05, 3.63) is 11.3 Å². The molecular weight excluding hydrogens is 136 g/mol. The average Bonchev–Trinajstić information content (AvgIpc) is 1.97. The highest BCUT2D eigenvalue weighted by Crippen LogP contribution is 2.14. The Labute approximate surface area is 70.1 Å². The average molecular weight is 156 g/mol. The Hall–Kier alpha value is -0.460. The first-order valence-corrected chi connectivity index (χ1v) is 4.59. The monoisotopic (exact) mass is 156 g/mol. The molecule has 0 aromatic rings. The smallest absolute Gasteiger partial charge is 0.0883 e. The summed E-state index contributed by atoms with van der Waals surface area (Å²) in [5.74, 6) is 0.531. The number of unbranched alkanes of at least 4 members (excludes halogenated alkanes) is 2. The Morgan fingerprint density at radius 1 is 1.18 bits per heavy atom. The van der Waals surface area contributed by atoms with Gasteiger partial charge in [0.1, 0.15) is 0 Å². The van der Waals surface area contributed by atoms with E-state index in [1.54, 1.807) is 6.92 Å². The van der Waals surface area contributed by atoms with E-state index in [4.69, 9.17) is 0 Å². The van der Waals surface area contributed by atoms with Crippen molar-refractivity contribution in [2.45, 2.75) is 52.9 Å². The van der Waals surface area contributed by atoms with Crippen LogP contribution in [0.1, 0.15) is 52.9 Å². The number of rotatable bonds is 5. The van der Waals surface area contributed by atoms with Crippen LogP contribution in [0.3, 0.4) is 0 Å². The van der Waals surface area contributed by atoms with E-state index < -0.39 is 0 Å². The maximum Gasteiger partial charge on any atom is 0.0883 e. The second-order valence-electron chi connectivity index (χ2n) is 3.00. The molecule has 0 unspecified atom stereocenters. The second kappa shape index (κ2) is 6.26. The lowest BCUT2D eigenvalue weighted by Crippen LogP contribution is -1.87. The maximum absolute atomic E-state index is 9.19. The highest BCUT2D eigenvalue weighted by molar-refractivity contribution is 5.04. The van der Waals surface area contributed by atoms with Crippen molar-refractivity contribution in [2.75, 3.05) is 0 Å². The van der Waals surface area contributed by atoms with Gasteiger partial charge in [0.15, 0.2) is 0 Å². The van der Waals surface area contributed by atoms with Gasteiger partial charge in [0, 0.05) is 0 Å². The molecule has 0 fully saturated rings. The molecule has 0 heterocycles. The Bertz CT molecular complexity index is 121. The third-order valence-electron chi connectivity index (χ3n) is 2.02. The Balaban J connectivity index is 3.63. The van der Waals surface area contributed by atoms with Crippen molar-refractivity contribution in [3.8, 4) is 0 Å². The van der Waals surface area contributed by atoms with Crippen molar-refractivity contribution in [1.29, 1.82) is 0 Å². The van der Waals surface area contributed by atoms with Crippen LogP contribution in [-0.2, 0) is 0 Å². The molecule has 1 N–H and O–H groups in total. The van der Waals surface area contributed by atoms with Gasteiger partial charge in [-0.05, 0) is 31.8 Å². The highest BCUT2D eigenvalue weighted by Gasteiger charge is 1.97. The van der Waals surface area contributed by atoms with Crippen LogP contribution in [-0.4, -0.2) is 5.11 Å². The molecule has 11 heavy (non-hydrogen) atoms. The molecular formula is C10H20O. The van der Waals surface area contributed by atoms with Crippen LogP contribution in [0.25, 0.3) is 0 Å². The van der Waals surface area contributed by atoms with Crippen LogP contribution in [0.4, 0.5) is 0 Å². The molecule has 1 nitrogen and oxygen atoms in total. The molecule has 0 atom stereocenters. The lowest BCUT2D eigenvalue weighted by molar-refractivity contribution is 0.400. The maximum atomic E-state index is 9.19. The predicted molar refractivity (Wildman–Crippen MR) is 49.8 cm³/mol. The summed E-state index contributed by atoms with van der Waals surface area (Å²) in [6.45, 7) is 6.08. The predicted octanol–water partition coefficient (Wildman–Crippen LogP) is 3.81. The number of allylic oxidation sites excluding steroid dienone is 2. The molecule has 0 aliphatic heterocycles. The molecule has 0 saturated heterocycles. The van der Waals surface area contributed by atoms with E-state index in [9.17, 15) is 5.11 Å². The zero-order valence-electron chi connectivity index (χ0n) is 7.98. The van der Waals surface area contributed by atoms with Gasteiger partial charge in [-0.2, -0.15) is 0 Å². The van der Waals surface area contributed by atoms with Crippen LogP contribution < -0.4 is 0 Å². The quantitative estimate of drug-likeness (QED) is 0.474. The molecule has 0 radical (unpaired) electrons. The van der Waals surface area contributed by atoms with E-state index in [-0.39, 0.29) is 0 Å². The van der Waals surface area contributed by atoms with Gasteiger partial charge >= 0.3 is 0 Å². The Morgan fingerprint density at radius 2 is 1.82 bits per heavy atom. The first-order chi connectivity index (χ1) is 5.22. The zero-order chi connectivity index (χ0) is 8.69. The lowest BCUT2D eigenvalue weighted by Gasteiger charge is -2.04. The van der Waals surface area contributed by atoms with E-state index in [1.807, 2.05) is 0 Å². The van der Waals surface area contributed by atoms with Gasteiger partial charge in [-0.3, -0.25) is 0 Å². The van der Waals surface area contributed by atoms with Crippen LogP contribution in [0.15, 0.2) is 11.3 Å². The first-order valence-electron chi connectivity index (χ1n) is 4.59. The summed E-state index contributed by atoms with van der Waals surface area (Å²) < 4.78 is 0. The lowest BCUT2D eigenvalue weighted by atomic mass is 10.0. The minimum atomic E-state index is 0.531. The van der Waals surface area contributed by atoms with Crippen molar-refractivity contribution in [3.63, 3.8) is 0 Å². The van der Waals surface area contributed by atoms with Crippen LogP contribution in [0, 0.1) is 0 Å². The standard InChI is InChI=1S/C10H20O/c1-4-6-7-8-10(5-2)9(3)11/h11H,4-8H2,1-3H3/b10-9+. The van der Waals surface area contributed by atoms with E-state index in [1.165, 1.54) is 24.8 Å². The van der Waals surface area contributed by atoms with Crippen LogP contribution in [0.2, 0.25) is 0 Å². The van der Waals surface area contributed by atoms with Gasteiger partial charge in [-0.25, -0.2) is 0 Å². The molecule has 1 heteroatoms. The minimum absolute atomic E-state index is 0.531. The molecule has 0 saturated carbocycles. The van der Waals surface area contributed by atoms with E-state index in [0.29, 0.717) is 5.76 Å². The van der Waals surface area contributed by atoms with Gasteiger partial charge in [-0.15, -0.1) is 0 Å². The van der Waals surface area contributed by atoms with Crippen molar-refractivity contribution >= 4 is 0 Å². The number of hydrogen-bond acceptors (Lipinski definition) is 1. The zero-order valence-corrected chi connectivity index (χ0v) is 7.98. The van der Waals surface area contributed by atoms with E-state index in [0.717, 1.165) is 12.8 Å². The summed E-state index contributed by atoms with van der Waals surface area (Å²) in [7, 11) is 0. The molecule has 0 rings (SSSR count). The molecule has 0 spiro atoms. The molecule has 0 bridgehead atoms. The third-order valence-corrected chi connectivity index (χ3v) is 2.02. The van der Waals surface area contributed by atoms with Gasteiger partial charge < -0.3 is 5.11 Å².